The molecule has 0 fully saturated rings. The normalized spacial score (nSPS) is 10.5. The molecule has 0 unspecified atom stereocenters. The van der Waals surface area contributed by atoms with E-state index >= 15 is 0 Å². The summed E-state index contributed by atoms with van der Waals surface area (Å²) in [4.78, 5) is 11.3. The van der Waals surface area contributed by atoms with Gasteiger partial charge in [-0.2, -0.15) is 0 Å². The Morgan fingerprint density at radius 2 is 2.11 bits per heavy atom. The Bertz CT molecular complexity index is 598. The third kappa shape index (κ3) is 2.59. The molecule has 5 heteroatoms. The van der Waals surface area contributed by atoms with Gasteiger partial charge in [0.05, 0.1) is 5.69 Å². The van der Waals surface area contributed by atoms with Crippen molar-refractivity contribution in [1.29, 1.82) is 0 Å². The summed E-state index contributed by atoms with van der Waals surface area (Å²) in [6, 6.07) is 5.45. The van der Waals surface area contributed by atoms with Crippen LogP contribution in [-0.4, -0.2) is 11.1 Å². The number of nitrogens with two attached hydrogens (primary N) is 1. The third-order valence-electron chi connectivity index (χ3n) is 3.24. The standard InChI is InChI=1S/C14H17N3O2/c1-8-11(14(15)18)5-4-6-13(8)16-7-12-9(2)17-19-10(12)3/h4-6,16H,7H2,1-3H3,(H2,15,18). The number of aromatic nitrogens is 1. The summed E-state index contributed by atoms with van der Waals surface area (Å²) in [7, 11) is 0. The molecule has 1 heterocycles. The first kappa shape index (κ1) is 13.1. The van der Waals surface area contributed by atoms with Gasteiger partial charge in [-0.05, 0) is 38.5 Å². The van der Waals surface area contributed by atoms with Crippen molar-refractivity contribution in [3.05, 3.63) is 46.3 Å². The Balaban J connectivity index is 2.21. The molecule has 0 aliphatic carbocycles. The van der Waals surface area contributed by atoms with Crippen LogP contribution in [0.25, 0.3) is 0 Å². The van der Waals surface area contributed by atoms with Crippen LogP contribution in [0.1, 0.15) is 32.9 Å². The summed E-state index contributed by atoms with van der Waals surface area (Å²) in [6.45, 7) is 6.25. The minimum atomic E-state index is -0.418. The molecule has 0 aliphatic heterocycles. The topological polar surface area (TPSA) is 81.2 Å². The highest BCUT2D eigenvalue weighted by atomic mass is 16.5. The van der Waals surface area contributed by atoms with E-state index in [1.54, 1.807) is 6.07 Å². The lowest BCUT2D eigenvalue weighted by Crippen LogP contribution is -2.14. The number of benzene rings is 1. The molecule has 0 aliphatic rings. The zero-order chi connectivity index (χ0) is 14.0. The minimum absolute atomic E-state index is 0.418. The van der Waals surface area contributed by atoms with Crippen LogP contribution in [0.15, 0.2) is 22.7 Å². The van der Waals surface area contributed by atoms with E-state index in [1.807, 2.05) is 32.9 Å². The van der Waals surface area contributed by atoms with Crippen molar-refractivity contribution in [2.24, 2.45) is 5.73 Å². The zero-order valence-electron chi connectivity index (χ0n) is 11.3. The number of rotatable bonds is 4. The molecule has 1 aromatic carbocycles. The van der Waals surface area contributed by atoms with E-state index in [4.69, 9.17) is 10.3 Å². The monoisotopic (exact) mass is 259 g/mol. The predicted molar refractivity (Wildman–Crippen MR) is 73.0 cm³/mol. The molecule has 19 heavy (non-hydrogen) atoms. The Kier molecular flexibility index (Phi) is 3.55. The molecule has 3 N–H and O–H groups in total. The van der Waals surface area contributed by atoms with Crippen molar-refractivity contribution in [3.63, 3.8) is 0 Å². The lowest BCUT2D eigenvalue weighted by atomic mass is 10.1. The van der Waals surface area contributed by atoms with Gasteiger partial charge < -0.3 is 15.6 Å². The first-order valence-electron chi connectivity index (χ1n) is 6.05. The van der Waals surface area contributed by atoms with E-state index in [0.717, 1.165) is 28.3 Å². The quantitative estimate of drug-likeness (QED) is 0.882. The Morgan fingerprint density at radius 3 is 2.68 bits per heavy atom. The molecular formula is C14H17N3O2. The molecular weight excluding hydrogens is 242 g/mol. The Morgan fingerprint density at radius 1 is 1.37 bits per heavy atom. The van der Waals surface area contributed by atoms with Crippen molar-refractivity contribution in [1.82, 2.24) is 5.16 Å². The molecule has 2 aromatic rings. The van der Waals surface area contributed by atoms with Crippen LogP contribution in [0, 0.1) is 20.8 Å². The highest BCUT2D eigenvalue weighted by Gasteiger charge is 2.11. The van der Waals surface area contributed by atoms with Gasteiger partial charge in [-0.15, -0.1) is 0 Å². The summed E-state index contributed by atoms with van der Waals surface area (Å²) in [5.41, 5.74) is 9.50. The van der Waals surface area contributed by atoms with Crippen molar-refractivity contribution < 1.29 is 9.32 Å². The summed E-state index contributed by atoms with van der Waals surface area (Å²) >= 11 is 0. The number of nitrogens with zero attached hydrogens (tertiary/aromatic N) is 1. The molecule has 2 rings (SSSR count). The average Bonchev–Trinajstić information content (AvgIpc) is 2.68. The number of nitrogens with one attached hydrogen (secondary N) is 1. The van der Waals surface area contributed by atoms with E-state index in [9.17, 15) is 4.79 Å². The molecule has 0 radical (unpaired) electrons. The Hall–Kier alpha value is -2.30. The first-order valence-corrected chi connectivity index (χ1v) is 6.05. The Labute approximate surface area is 111 Å². The van der Waals surface area contributed by atoms with E-state index in [1.165, 1.54) is 0 Å². The largest absolute Gasteiger partial charge is 0.381 e. The fourth-order valence-electron chi connectivity index (χ4n) is 2.03. The minimum Gasteiger partial charge on any atom is -0.381 e. The van der Waals surface area contributed by atoms with Crippen LogP contribution in [0.5, 0.6) is 0 Å². The van der Waals surface area contributed by atoms with Crippen LogP contribution in [-0.2, 0) is 6.54 Å². The number of carbonyl (C=O) groups is 1. The van der Waals surface area contributed by atoms with Crippen molar-refractivity contribution >= 4 is 11.6 Å². The van der Waals surface area contributed by atoms with Gasteiger partial charge >= 0.3 is 0 Å². The van der Waals surface area contributed by atoms with Crippen LogP contribution in [0.3, 0.4) is 0 Å². The number of hydrogen-bond acceptors (Lipinski definition) is 4. The molecule has 0 spiro atoms. The summed E-state index contributed by atoms with van der Waals surface area (Å²) in [5.74, 6) is 0.382. The fourth-order valence-corrected chi connectivity index (χ4v) is 2.03. The second-order valence-electron chi connectivity index (χ2n) is 4.50. The maximum absolute atomic E-state index is 11.3. The fraction of sp³-hybridized carbons (Fsp3) is 0.286. The number of aryl methyl sites for hydroxylation is 2. The summed E-state index contributed by atoms with van der Waals surface area (Å²) < 4.78 is 5.11. The molecule has 0 atom stereocenters. The number of carbonyl (C=O) groups excluding carboxylic acids is 1. The van der Waals surface area contributed by atoms with Crippen LogP contribution >= 0.6 is 0 Å². The van der Waals surface area contributed by atoms with Gasteiger partial charge in [0, 0.05) is 23.4 Å². The number of primary amides is 1. The third-order valence-corrected chi connectivity index (χ3v) is 3.24. The van der Waals surface area contributed by atoms with E-state index in [2.05, 4.69) is 10.5 Å². The van der Waals surface area contributed by atoms with Crippen LogP contribution in [0.4, 0.5) is 5.69 Å². The van der Waals surface area contributed by atoms with E-state index in [0.29, 0.717) is 12.1 Å². The number of anilines is 1. The van der Waals surface area contributed by atoms with Gasteiger partial charge in [0.1, 0.15) is 5.76 Å². The lowest BCUT2D eigenvalue weighted by molar-refractivity contribution is 0.1000. The van der Waals surface area contributed by atoms with Crippen molar-refractivity contribution in [2.75, 3.05) is 5.32 Å². The summed E-state index contributed by atoms with van der Waals surface area (Å²) in [5, 5.41) is 7.19. The van der Waals surface area contributed by atoms with Crippen LogP contribution < -0.4 is 11.1 Å². The second kappa shape index (κ2) is 5.14. The van der Waals surface area contributed by atoms with Crippen molar-refractivity contribution in [3.8, 4) is 0 Å². The second-order valence-corrected chi connectivity index (χ2v) is 4.50. The SMILES string of the molecule is Cc1noc(C)c1CNc1cccc(C(N)=O)c1C. The predicted octanol–water partition coefficient (Wildman–Crippen LogP) is 2.31. The van der Waals surface area contributed by atoms with Crippen LogP contribution in [0.2, 0.25) is 0 Å². The molecule has 0 bridgehead atoms. The lowest BCUT2D eigenvalue weighted by Gasteiger charge is -2.11. The zero-order valence-corrected chi connectivity index (χ0v) is 11.3. The summed E-state index contributed by atoms with van der Waals surface area (Å²) in [6.07, 6.45) is 0. The van der Waals surface area contributed by atoms with E-state index in [-0.39, 0.29) is 0 Å². The molecule has 0 saturated heterocycles. The van der Waals surface area contributed by atoms with Gasteiger partial charge in [-0.25, -0.2) is 0 Å². The molecule has 100 valence electrons. The maximum atomic E-state index is 11.3. The highest BCUT2D eigenvalue weighted by molar-refractivity contribution is 5.95. The smallest absolute Gasteiger partial charge is 0.249 e. The number of hydrogen-bond donors (Lipinski definition) is 2. The van der Waals surface area contributed by atoms with Gasteiger partial charge in [-0.1, -0.05) is 11.2 Å². The van der Waals surface area contributed by atoms with Gasteiger partial charge in [-0.3, -0.25) is 4.79 Å². The van der Waals surface area contributed by atoms with E-state index < -0.39 is 5.91 Å². The molecule has 1 aromatic heterocycles. The number of amides is 1. The first-order chi connectivity index (χ1) is 9.00. The highest BCUT2D eigenvalue weighted by Crippen LogP contribution is 2.21. The van der Waals surface area contributed by atoms with Crippen molar-refractivity contribution in [2.45, 2.75) is 27.3 Å². The molecule has 0 saturated carbocycles. The molecule has 1 amide bonds. The molecule has 5 nitrogen and oxygen atoms in total. The average molecular weight is 259 g/mol. The van der Waals surface area contributed by atoms with Gasteiger partial charge in [0.2, 0.25) is 5.91 Å². The van der Waals surface area contributed by atoms with Gasteiger partial charge in [0.25, 0.3) is 0 Å². The maximum Gasteiger partial charge on any atom is 0.249 e. The van der Waals surface area contributed by atoms with Gasteiger partial charge in [0.15, 0.2) is 0 Å².